The number of rotatable bonds is 6. The minimum atomic E-state index is -0.155. The van der Waals surface area contributed by atoms with Crippen LogP contribution in [0, 0.1) is 0 Å². The van der Waals surface area contributed by atoms with E-state index < -0.39 is 0 Å². The largest absolute Gasteiger partial charge is 0.494 e. The van der Waals surface area contributed by atoms with Crippen molar-refractivity contribution in [1.29, 1.82) is 0 Å². The summed E-state index contributed by atoms with van der Waals surface area (Å²) in [6, 6.07) is 5.00. The first-order valence-corrected chi connectivity index (χ1v) is 6.44. The van der Waals surface area contributed by atoms with Gasteiger partial charge in [-0.05, 0) is 32.9 Å². The molecule has 5 heteroatoms. The van der Waals surface area contributed by atoms with Crippen LogP contribution in [-0.4, -0.2) is 41.7 Å². The second kappa shape index (κ2) is 6.99. The van der Waals surface area contributed by atoms with Gasteiger partial charge >= 0.3 is 0 Å². The number of nitrogen functional groups attached to an aromatic ring is 1. The highest BCUT2D eigenvalue weighted by Gasteiger charge is 2.19. The highest BCUT2D eigenvalue weighted by atomic mass is 16.5. The Morgan fingerprint density at radius 1 is 1.42 bits per heavy atom. The molecule has 1 amide bonds. The third-order valence-corrected chi connectivity index (χ3v) is 2.71. The van der Waals surface area contributed by atoms with Crippen LogP contribution in [0.4, 0.5) is 5.69 Å². The molecule has 0 aromatic heterocycles. The van der Waals surface area contributed by atoms with Crippen LogP contribution in [0.1, 0.15) is 31.1 Å². The highest BCUT2D eigenvalue weighted by molar-refractivity contribution is 5.95. The van der Waals surface area contributed by atoms with E-state index in [2.05, 4.69) is 0 Å². The van der Waals surface area contributed by atoms with Gasteiger partial charge in [0.25, 0.3) is 5.91 Å². The lowest BCUT2D eigenvalue weighted by molar-refractivity contribution is 0.0665. The molecule has 0 saturated carbocycles. The van der Waals surface area contributed by atoms with E-state index in [0.717, 1.165) is 0 Å². The Balaban J connectivity index is 3.03. The van der Waals surface area contributed by atoms with E-state index in [-0.39, 0.29) is 18.6 Å². The van der Waals surface area contributed by atoms with E-state index in [1.807, 2.05) is 20.8 Å². The minimum absolute atomic E-state index is 0.0108. The Kier molecular flexibility index (Phi) is 5.63. The number of aliphatic hydroxyl groups excluding tert-OH is 1. The Morgan fingerprint density at radius 3 is 2.63 bits per heavy atom. The summed E-state index contributed by atoms with van der Waals surface area (Å²) >= 11 is 0. The lowest BCUT2D eigenvalue weighted by Gasteiger charge is -2.26. The van der Waals surface area contributed by atoms with Crippen LogP contribution >= 0.6 is 0 Å². The second-order valence-corrected chi connectivity index (χ2v) is 4.54. The third kappa shape index (κ3) is 4.13. The van der Waals surface area contributed by atoms with E-state index in [1.165, 1.54) is 0 Å². The van der Waals surface area contributed by atoms with Crippen LogP contribution in [0.25, 0.3) is 0 Å². The molecule has 5 nitrogen and oxygen atoms in total. The van der Waals surface area contributed by atoms with E-state index >= 15 is 0 Å². The topological polar surface area (TPSA) is 75.8 Å². The molecule has 0 radical (unpaired) electrons. The van der Waals surface area contributed by atoms with Gasteiger partial charge in [0.05, 0.1) is 13.2 Å². The number of hydrogen-bond donors (Lipinski definition) is 2. The van der Waals surface area contributed by atoms with Crippen molar-refractivity contribution in [2.24, 2.45) is 0 Å². The second-order valence-electron chi connectivity index (χ2n) is 4.54. The number of carbonyl (C=O) groups is 1. The lowest BCUT2D eigenvalue weighted by atomic mass is 10.1. The maximum absolute atomic E-state index is 12.4. The average Bonchev–Trinajstić information content (AvgIpc) is 2.34. The standard InChI is InChI=1S/C14H22N2O3/c1-4-19-13-8-11(7-12(15)9-13)14(18)16(5-6-17)10(2)3/h7-10,17H,4-6,15H2,1-3H3. The van der Waals surface area contributed by atoms with Crippen LogP contribution in [-0.2, 0) is 0 Å². The fourth-order valence-electron chi connectivity index (χ4n) is 1.86. The van der Waals surface area contributed by atoms with Crippen molar-refractivity contribution in [3.05, 3.63) is 23.8 Å². The number of nitrogens with zero attached hydrogens (tertiary/aromatic N) is 1. The zero-order chi connectivity index (χ0) is 14.4. The van der Waals surface area contributed by atoms with Gasteiger partial charge in [0, 0.05) is 29.9 Å². The number of amides is 1. The Morgan fingerprint density at radius 2 is 2.11 bits per heavy atom. The first kappa shape index (κ1) is 15.3. The molecule has 0 spiro atoms. The third-order valence-electron chi connectivity index (χ3n) is 2.71. The fourth-order valence-corrected chi connectivity index (χ4v) is 1.86. The number of aliphatic hydroxyl groups is 1. The van der Waals surface area contributed by atoms with Crippen LogP contribution in [0.5, 0.6) is 5.75 Å². The molecule has 0 heterocycles. The molecule has 0 aliphatic rings. The first-order valence-electron chi connectivity index (χ1n) is 6.44. The number of benzene rings is 1. The van der Waals surface area contributed by atoms with E-state index in [9.17, 15) is 4.79 Å². The van der Waals surface area contributed by atoms with Gasteiger partial charge in [0.2, 0.25) is 0 Å². The first-order chi connectivity index (χ1) is 8.99. The number of nitrogens with two attached hydrogens (primary N) is 1. The predicted octanol–water partition coefficient (Wildman–Crippen LogP) is 1.51. The molecule has 0 aliphatic heterocycles. The molecule has 0 saturated heterocycles. The Labute approximate surface area is 114 Å². The van der Waals surface area contributed by atoms with E-state index in [0.29, 0.717) is 30.2 Å². The summed E-state index contributed by atoms with van der Waals surface area (Å²) < 4.78 is 5.38. The van der Waals surface area contributed by atoms with Crippen LogP contribution in [0.2, 0.25) is 0 Å². The summed E-state index contributed by atoms with van der Waals surface area (Å²) in [6.07, 6.45) is 0. The average molecular weight is 266 g/mol. The summed E-state index contributed by atoms with van der Waals surface area (Å²) in [5.41, 5.74) is 6.74. The minimum Gasteiger partial charge on any atom is -0.494 e. The van der Waals surface area contributed by atoms with Gasteiger partial charge in [-0.1, -0.05) is 0 Å². The molecule has 3 N–H and O–H groups in total. The monoisotopic (exact) mass is 266 g/mol. The van der Waals surface area contributed by atoms with Gasteiger partial charge in [0.1, 0.15) is 5.75 Å². The van der Waals surface area contributed by atoms with Crippen molar-refractivity contribution in [1.82, 2.24) is 4.90 Å². The predicted molar refractivity (Wildman–Crippen MR) is 75.3 cm³/mol. The van der Waals surface area contributed by atoms with Gasteiger partial charge < -0.3 is 20.5 Å². The van der Waals surface area contributed by atoms with Crippen molar-refractivity contribution >= 4 is 11.6 Å². The molecule has 19 heavy (non-hydrogen) atoms. The zero-order valence-electron chi connectivity index (χ0n) is 11.7. The van der Waals surface area contributed by atoms with Crippen LogP contribution in [0.3, 0.4) is 0 Å². The number of hydrogen-bond acceptors (Lipinski definition) is 4. The molecular weight excluding hydrogens is 244 g/mol. The molecule has 0 unspecified atom stereocenters. The van der Waals surface area contributed by atoms with Crippen molar-refractivity contribution < 1.29 is 14.6 Å². The van der Waals surface area contributed by atoms with Gasteiger partial charge in [-0.2, -0.15) is 0 Å². The molecule has 0 aliphatic carbocycles. The number of ether oxygens (including phenoxy) is 1. The Hall–Kier alpha value is -1.75. The summed E-state index contributed by atoms with van der Waals surface area (Å²) in [7, 11) is 0. The molecule has 1 aromatic rings. The van der Waals surface area contributed by atoms with Crippen molar-refractivity contribution in [2.75, 3.05) is 25.5 Å². The van der Waals surface area contributed by atoms with Crippen LogP contribution < -0.4 is 10.5 Å². The molecule has 106 valence electrons. The zero-order valence-corrected chi connectivity index (χ0v) is 11.7. The normalized spacial score (nSPS) is 10.6. The highest BCUT2D eigenvalue weighted by Crippen LogP contribution is 2.20. The Bertz CT molecular complexity index is 433. The molecule has 1 rings (SSSR count). The summed E-state index contributed by atoms with van der Waals surface area (Å²) in [6.45, 7) is 6.44. The molecular formula is C14H22N2O3. The van der Waals surface area contributed by atoms with Gasteiger partial charge in [0.15, 0.2) is 0 Å². The lowest BCUT2D eigenvalue weighted by Crippen LogP contribution is -2.39. The summed E-state index contributed by atoms with van der Waals surface area (Å²) in [5, 5.41) is 9.03. The van der Waals surface area contributed by atoms with Crippen molar-refractivity contribution in [2.45, 2.75) is 26.8 Å². The smallest absolute Gasteiger partial charge is 0.254 e. The molecule has 0 atom stereocenters. The van der Waals surface area contributed by atoms with Crippen molar-refractivity contribution in [3.63, 3.8) is 0 Å². The summed E-state index contributed by atoms with van der Waals surface area (Å²) in [5.74, 6) is 0.427. The fraction of sp³-hybridized carbons (Fsp3) is 0.500. The van der Waals surface area contributed by atoms with Crippen LogP contribution in [0.15, 0.2) is 18.2 Å². The SMILES string of the molecule is CCOc1cc(N)cc(C(=O)N(CCO)C(C)C)c1. The van der Waals surface area contributed by atoms with E-state index in [1.54, 1.807) is 23.1 Å². The maximum atomic E-state index is 12.4. The summed E-state index contributed by atoms with van der Waals surface area (Å²) in [4.78, 5) is 14.0. The van der Waals surface area contributed by atoms with E-state index in [4.69, 9.17) is 15.6 Å². The molecule has 0 fully saturated rings. The van der Waals surface area contributed by atoms with Gasteiger partial charge in [-0.15, -0.1) is 0 Å². The van der Waals surface area contributed by atoms with Gasteiger partial charge in [-0.25, -0.2) is 0 Å². The van der Waals surface area contributed by atoms with Gasteiger partial charge in [-0.3, -0.25) is 4.79 Å². The quantitative estimate of drug-likeness (QED) is 0.765. The van der Waals surface area contributed by atoms with Crippen molar-refractivity contribution in [3.8, 4) is 5.75 Å². The molecule has 0 bridgehead atoms. The number of anilines is 1. The molecule has 1 aromatic carbocycles. The maximum Gasteiger partial charge on any atom is 0.254 e. The number of carbonyl (C=O) groups excluding carboxylic acids is 1.